The molecule has 0 radical (unpaired) electrons. The molecule has 0 aliphatic heterocycles. The second kappa shape index (κ2) is 11.5. The highest BCUT2D eigenvalue weighted by Gasteiger charge is 2.33. The van der Waals surface area contributed by atoms with Gasteiger partial charge in [0.05, 0.1) is 27.2 Å². The summed E-state index contributed by atoms with van der Waals surface area (Å²) in [5, 5.41) is 0.747. The van der Waals surface area contributed by atoms with Gasteiger partial charge in [0.25, 0.3) is 26.5 Å². The summed E-state index contributed by atoms with van der Waals surface area (Å²) < 4.78 is 99.8. The van der Waals surface area contributed by atoms with Crippen LogP contribution in [0.15, 0.2) is 88.8 Å². The first-order chi connectivity index (χ1) is 19.3. The van der Waals surface area contributed by atoms with Crippen molar-refractivity contribution in [2.45, 2.75) is 22.9 Å². The normalized spacial score (nSPS) is 12.2. The van der Waals surface area contributed by atoms with E-state index in [-0.39, 0.29) is 45.1 Å². The molecule has 0 saturated heterocycles. The van der Waals surface area contributed by atoms with Gasteiger partial charge in [-0.2, -0.15) is 13.2 Å². The Morgan fingerprint density at radius 1 is 0.854 bits per heavy atom. The maximum atomic E-state index is 13.6. The lowest BCUT2D eigenvalue weighted by Gasteiger charge is -2.27. The van der Waals surface area contributed by atoms with E-state index in [0.29, 0.717) is 17.2 Å². The summed E-state index contributed by atoms with van der Waals surface area (Å²) in [5.41, 5.74) is -0.956. The Balaban J connectivity index is 1.86. The summed E-state index contributed by atoms with van der Waals surface area (Å²) in [5.74, 6) is -0.163. The minimum absolute atomic E-state index is 0.0481. The molecule has 0 aliphatic rings. The van der Waals surface area contributed by atoms with Gasteiger partial charge in [-0.15, -0.1) is 0 Å². The molecule has 0 atom stereocenters. The van der Waals surface area contributed by atoms with Crippen LogP contribution in [0.5, 0.6) is 0 Å². The number of carbonyl (C=O) groups is 1. The van der Waals surface area contributed by atoms with Gasteiger partial charge in [0.1, 0.15) is 0 Å². The number of rotatable bonds is 10. The van der Waals surface area contributed by atoms with Crippen LogP contribution in [0.25, 0.3) is 10.8 Å². The van der Waals surface area contributed by atoms with E-state index in [9.17, 15) is 34.8 Å². The summed E-state index contributed by atoms with van der Waals surface area (Å²) >= 11 is 5.89. The molecule has 1 aromatic heterocycles. The summed E-state index contributed by atoms with van der Waals surface area (Å²) in [6.07, 6.45) is -3.51. The lowest BCUT2D eigenvalue weighted by Crippen LogP contribution is -2.35. The molecule has 41 heavy (non-hydrogen) atoms. The van der Waals surface area contributed by atoms with Gasteiger partial charge in [-0.3, -0.25) is 9.10 Å². The molecular formula is C26H21ClF3N3O6S2. The molecule has 15 heteroatoms. The highest BCUT2D eigenvalue weighted by molar-refractivity contribution is 7.93. The van der Waals surface area contributed by atoms with Crippen LogP contribution < -0.4 is 8.61 Å². The number of hydrogen-bond donors (Lipinski definition) is 0. The fourth-order valence-corrected chi connectivity index (χ4v) is 6.96. The summed E-state index contributed by atoms with van der Waals surface area (Å²) in [6.45, 7) is 0.720. The number of sulfonamides is 2. The van der Waals surface area contributed by atoms with E-state index >= 15 is 0 Å². The van der Waals surface area contributed by atoms with Crippen LogP contribution in [0, 0.1) is 0 Å². The first kappa shape index (κ1) is 30.1. The van der Waals surface area contributed by atoms with Crippen molar-refractivity contribution in [2.24, 2.45) is 0 Å². The molecule has 1 heterocycles. The van der Waals surface area contributed by atoms with Crippen LogP contribution in [0.2, 0.25) is 5.02 Å². The van der Waals surface area contributed by atoms with Gasteiger partial charge in [0.2, 0.25) is 0 Å². The van der Waals surface area contributed by atoms with Crippen molar-refractivity contribution in [1.29, 1.82) is 0 Å². The third-order valence-electron chi connectivity index (χ3n) is 5.98. The van der Waals surface area contributed by atoms with Gasteiger partial charge >= 0.3 is 6.18 Å². The summed E-state index contributed by atoms with van der Waals surface area (Å²) in [6, 6.07) is 14.5. The highest BCUT2D eigenvalue weighted by Crippen LogP contribution is 2.37. The molecule has 0 N–H and O–H groups in total. The maximum absolute atomic E-state index is 13.6. The molecule has 0 amide bonds. The smallest absolute Gasteiger partial charge is 0.416 e. The number of hydrogen-bond acceptors (Lipinski definition) is 7. The quantitative estimate of drug-likeness (QED) is 0.170. The Morgan fingerprint density at radius 3 is 1.93 bits per heavy atom. The van der Waals surface area contributed by atoms with E-state index in [2.05, 4.69) is 4.98 Å². The Labute approximate surface area is 238 Å². The number of pyridine rings is 1. The molecule has 0 unspecified atom stereocenters. The maximum Gasteiger partial charge on any atom is 0.416 e. The van der Waals surface area contributed by atoms with E-state index in [1.807, 2.05) is 0 Å². The number of fused-ring (bicyclic) bond motifs is 1. The van der Waals surface area contributed by atoms with Gasteiger partial charge in [0.15, 0.2) is 12.5 Å². The van der Waals surface area contributed by atoms with Crippen LogP contribution in [0.3, 0.4) is 0 Å². The van der Waals surface area contributed by atoms with Crippen molar-refractivity contribution in [3.05, 3.63) is 89.6 Å². The minimum atomic E-state index is -4.64. The van der Waals surface area contributed by atoms with Crippen LogP contribution in [-0.2, 0) is 35.8 Å². The van der Waals surface area contributed by atoms with Gasteiger partial charge in [-0.05, 0) is 55.5 Å². The van der Waals surface area contributed by atoms with Crippen molar-refractivity contribution in [2.75, 3.05) is 21.9 Å². The van der Waals surface area contributed by atoms with E-state index in [4.69, 9.17) is 16.3 Å². The van der Waals surface area contributed by atoms with Crippen molar-refractivity contribution in [1.82, 2.24) is 4.98 Å². The number of nitrogens with zero attached hydrogens (tertiary/aromatic N) is 3. The fraction of sp³-hybridized carbons (Fsp3) is 0.154. The fourth-order valence-electron chi connectivity index (χ4n) is 4.05. The second-order valence-electron chi connectivity index (χ2n) is 8.40. The first-order valence-electron chi connectivity index (χ1n) is 11.7. The molecule has 3 aromatic carbocycles. The number of anilines is 2. The number of ether oxygens (including phenoxy) is 1. The SMILES string of the molecule is CCN(c1cnc(N(COC=O)S(=O)(=O)c2ccc(Cl)cc2)c2ccccc12)S(=O)(=O)c1ccc(C(F)(F)F)cc1. The van der Waals surface area contributed by atoms with E-state index in [0.717, 1.165) is 26.9 Å². The molecule has 0 saturated carbocycles. The van der Waals surface area contributed by atoms with Crippen LogP contribution in [-0.4, -0.2) is 41.6 Å². The standard InChI is InChI=1S/C26H21ClF3N3O6S2/c1-2-32(40(35,36)20-11-7-18(8-12-20)26(28,29)30)24-15-31-25(23-6-4-3-5-22(23)24)33(16-39-17-34)41(37,38)21-13-9-19(27)10-14-21/h3-15,17H,2,16H2,1H3. The van der Waals surface area contributed by atoms with Gasteiger partial charge in [-0.1, -0.05) is 35.9 Å². The van der Waals surface area contributed by atoms with Gasteiger partial charge < -0.3 is 4.74 Å². The van der Waals surface area contributed by atoms with Crippen molar-refractivity contribution in [3.8, 4) is 0 Å². The monoisotopic (exact) mass is 627 g/mol. The van der Waals surface area contributed by atoms with Crippen molar-refractivity contribution >= 4 is 60.4 Å². The third-order valence-corrected chi connectivity index (χ3v) is 9.86. The number of carbonyl (C=O) groups excluding carboxylic acids is 1. The molecule has 4 aromatic rings. The van der Waals surface area contributed by atoms with E-state index in [1.165, 1.54) is 43.3 Å². The Kier molecular flexibility index (Phi) is 8.47. The van der Waals surface area contributed by atoms with Crippen LogP contribution in [0.4, 0.5) is 24.7 Å². The Hall–Kier alpha value is -3.88. The molecule has 9 nitrogen and oxygen atoms in total. The summed E-state index contributed by atoms with van der Waals surface area (Å²) in [7, 11) is -8.73. The van der Waals surface area contributed by atoms with E-state index < -0.39 is 38.5 Å². The molecule has 4 rings (SSSR count). The summed E-state index contributed by atoms with van der Waals surface area (Å²) in [4.78, 5) is 14.7. The Morgan fingerprint density at radius 2 is 1.39 bits per heavy atom. The number of benzene rings is 3. The number of halogens is 4. The van der Waals surface area contributed by atoms with Crippen molar-refractivity contribution < 1.29 is 39.5 Å². The van der Waals surface area contributed by atoms with Crippen LogP contribution >= 0.6 is 11.6 Å². The largest absolute Gasteiger partial charge is 0.445 e. The molecule has 216 valence electrons. The van der Waals surface area contributed by atoms with Crippen LogP contribution in [0.1, 0.15) is 12.5 Å². The average molecular weight is 628 g/mol. The molecule has 0 spiro atoms. The molecule has 0 bridgehead atoms. The lowest BCUT2D eigenvalue weighted by atomic mass is 10.1. The molecular weight excluding hydrogens is 607 g/mol. The third kappa shape index (κ3) is 5.94. The van der Waals surface area contributed by atoms with Gasteiger partial charge in [-0.25, -0.2) is 26.1 Å². The molecule has 0 aliphatic carbocycles. The highest BCUT2D eigenvalue weighted by atomic mass is 35.5. The molecule has 0 fully saturated rings. The zero-order valence-electron chi connectivity index (χ0n) is 21.1. The predicted molar refractivity (Wildman–Crippen MR) is 147 cm³/mol. The predicted octanol–water partition coefficient (Wildman–Crippen LogP) is 5.45. The zero-order valence-corrected chi connectivity index (χ0v) is 23.5. The number of aromatic nitrogens is 1. The van der Waals surface area contributed by atoms with Gasteiger partial charge in [0, 0.05) is 22.3 Å². The van der Waals surface area contributed by atoms with Crippen molar-refractivity contribution in [3.63, 3.8) is 0 Å². The first-order valence-corrected chi connectivity index (χ1v) is 15.0. The van der Waals surface area contributed by atoms with E-state index in [1.54, 1.807) is 12.1 Å². The minimum Gasteiger partial charge on any atom is -0.445 e. The Bertz CT molecular complexity index is 1780. The second-order valence-corrected chi connectivity index (χ2v) is 12.6. The lowest BCUT2D eigenvalue weighted by molar-refractivity contribution is -0.137. The topological polar surface area (TPSA) is 114 Å². The zero-order chi connectivity index (χ0) is 30.0. The average Bonchev–Trinajstić information content (AvgIpc) is 2.94. The number of alkyl halides is 3.